The van der Waals surface area contributed by atoms with E-state index < -0.39 is 0 Å². The van der Waals surface area contributed by atoms with E-state index in [1.165, 1.54) is 42.6 Å². The van der Waals surface area contributed by atoms with Crippen molar-refractivity contribution >= 4 is 34.5 Å². The van der Waals surface area contributed by atoms with Crippen molar-refractivity contribution < 1.29 is 0 Å². The highest BCUT2D eigenvalue weighted by atomic mass is 35.5. The summed E-state index contributed by atoms with van der Waals surface area (Å²) < 4.78 is 1.65. The van der Waals surface area contributed by atoms with Crippen LogP contribution in [0.3, 0.4) is 0 Å². The Morgan fingerprint density at radius 1 is 1.11 bits per heavy atom. The molecule has 0 bridgehead atoms. The largest absolute Gasteiger partial charge is 0.312 e. The quantitative estimate of drug-likeness (QED) is 0.652. The van der Waals surface area contributed by atoms with Crippen LogP contribution in [0, 0.1) is 0 Å². The van der Waals surface area contributed by atoms with Crippen LogP contribution in [0.2, 0.25) is 8.67 Å². The van der Waals surface area contributed by atoms with Crippen molar-refractivity contribution in [3.05, 3.63) is 20.3 Å². The topological polar surface area (TPSA) is 12.0 Å². The lowest BCUT2D eigenvalue weighted by atomic mass is 10.1. The van der Waals surface area contributed by atoms with Crippen molar-refractivity contribution in [1.29, 1.82) is 0 Å². The molecule has 1 N–H and O–H groups in total. The van der Waals surface area contributed by atoms with Gasteiger partial charge in [0.05, 0.1) is 8.67 Å². The predicted octanol–water partition coefficient (Wildman–Crippen LogP) is 5.55. The molecule has 104 valence electrons. The van der Waals surface area contributed by atoms with E-state index in [2.05, 4.69) is 26.1 Å². The summed E-state index contributed by atoms with van der Waals surface area (Å²) in [4.78, 5) is 0. The molecule has 0 fully saturated rings. The Labute approximate surface area is 125 Å². The Morgan fingerprint density at radius 2 is 1.78 bits per heavy atom. The first-order chi connectivity index (χ1) is 8.38. The van der Waals surface area contributed by atoms with Gasteiger partial charge in [0, 0.05) is 5.54 Å². The minimum Gasteiger partial charge on any atom is -0.312 e. The molecule has 0 unspecified atom stereocenters. The number of hydrogen-bond acceptors (Lipinski definition) is 2. The predicted molar refractivity (Wildman–Crippen MR) is 84.3 cm³/mol. The summed E-state index contributed by atoms with van der Waals surface area (Å²) in [5.74, 6) is 0. The van der Waals surface area contributed by atoms with Gasteiger partial charge in [0.1, 0.15) is 0 Å². The minimum atomic E-state index is 0.237. The average Bonchev–Trinajstić information content (AvgIpc) is 2.54. The first-order valence-corrected chi connectivity index (χ1v) is 8.14. The third-order valence-electron chi connectivity index (χ3n) is 2.76. The highest BCUT2D eigenvalue weighted by Gasteiger charge is 2.07. The maximum Gasteiger partial charge on any atom is 0.0976 e. The molecule has 1 aromatic heterocycles. The summed E-state index contributed by atoms with van der Waals surface area (Å²) in [6.45, 7) is 7.72. The van der Waals surface area contributed by atoms with E-state index in [9.17, 15) is 0 Å². The van der Waals surface area contributed by atoms with Crippen molar-refractivity contribution in [3.63, 3.8) is 0 Å². The number of aryl methyl sites for hydroxylation is 1. The molecule has 0 aliphatic carbocycles. The van der Waals surface area contributed by atoms with Crippen LogP contribution < -0.4 is 5.32 Å². The van der Waals surface area contributed by atoms with Gasteiger partial charge in [0.2, 0.25) is 0 Å². The van der Waals surface area contributed by atoms with Gasteiger partial charge in [-0.15, -0.1) is 11.3 Å². The second kappa shape index (κ2) is 7.74. The molecule has 0 saturated carbocycles. The third-order valence-corrected chi connectivity index (χ3v) is 4.32. The van der Waals surface area contributed by atoms with E-state index in [4.69, 9.17) is 23.2 Å². The number of halogens is 2. The molecule has 0 aliphatic heterocycles. The third kappa shape index (κ3) is 6.98. The molecular formula is C14H23Cl2NS. The molecule has 0 aromatic carbocycles. The van der Waals surface area contributed by atoms with Crippen LogP contribution in [-0.2, 0) is 6.42 Å². The minimum absolute atomic E-state index is 0.237. The Kier molecular flexibility index (Phi) is 7.01. The van der Waals surface area contributed by atoms with Crippen molar-refractivity contribution in [3.8, 4) is 0 Å². The maximum absolute atomic E-state index is 6.08. The second-order valence-corrected chi connectivity index (χ2v) is 7.98. The summed E-state index contributed by atoms with van der Waals surface area (Å²) in [6, 6.07) is 2.00. The van der Waals surface area contributed by atoms with Gasteiger partial charge in [-0.25, -0.2) is 0 Å². The van der Waals surface area contributed by atoms with Crippen molar-refractivity contribution in [1.82, 2.24) is 5.32 Å². The van der Waals surface area contributed by atoms with Gasteiger partial charge in [0.15, 0.2) is 0 Å². The van der Waals surface area contributed by atoms with E-state index in [1.54, 1.807) is 0 Å². The Bertz CT molecular complexity index is 355. The number of unbranched alkanes of at least 4 members (excludes halogenated alkanes) is 3. The fraction of sp³-hybridized carbons (Fsp3) is 0.714. The molecule has 0 aliphatic rings. The first kappa shape index (κ1) is 16.3. The van der Waals surface area contributed by atoms with Crippen LogP contribution in [0.25, 0.3) is 0 Å². The summed E-state index contributed by atoms with van der Waals surface area (Å²) in [7, 11) is 0. The van der Waals surface area contributed by atoms with Crippen LogP contribution in [0.15, 0.2) is 6.07 Å². The van der Waals surface area contributed by atoms with Crippen LogP contribution in [-0.4, -0.2) is 12.1 Å². The molecule has 0 atom stereocenters. The molecule has 1 aromatic rings. The van der Waals surface area contributed by atoms with Crippen molar-refractivity contribution in [2.24, 2.45) is 0 Å². The monoisotopic (exact) mass is 307 g/mol. The molecule has 0 amide bonds. The van der Waals surface area contributed by atoms with E-state index >= 15 is 0 Å². The Hall–Kier alpha value is 0.240. The normalized spacial score (nSPS) is 12.1. The van der Waals surface area contributed by atoms with Gasteiger partial charge >= 0.3 is 0 Å². The van der Waals surface area contributed by atoms with Crippen LogP contribution in [0.5, 0.6) is 0 Å². The van der Waals surface area contributed by atoms with Gasteiger partial charge in [-0.1, -0.05) is 36.0 Å². The molecule has 4 heteroatoms. The average molecular weight is 308 g/mol. The lowest BCUT2D eigenvalue weighted by Gasteiger charge is -2.20. The van der Waals surface area contributed by atoms with E-state index in [1.807, 2.05) is 6.07 Å². The zero-order valence-corrected chi connectivity index (χ0v) is 13.8. The van der Waals surface area contributed by atoms with Crippen molar-refractivity contribution in [2.75, 3.05) is 6.54 Å². The van der Waals surface area contributed by atoms with Crippen LogP contribution >= 0.6 is 34.5 Å². The van der Waals surface area contributed by atoms with Gasteiger partial charge in [0.25, 0.3) is 0 Å². The van der Waals surface area contributed by atoms with Crippen molar-refractivity contribution in [2.45, 2.75) is 58.4 Å². The zero-order valence-electron chi connectivity index (χ0n) is 11.5. The van der Waals surface area contributed by atoms with E-state index in [0.29, 0.717) is 0 Å². The molecule has 1 heterocycles. The van der Waals surface area contributed by atoms with E-state index in [-0.39, 0.29) is 5.54 Å². The van der Waals surface area contributed by atoms with Crippen LogP contribution in [0.1, 0.15) is 52.0 Å². The maximum atomic E-state index is 6.08. The molecule has 1 nitrogen and oxygen atoms in total. The molecule has 1 rings (SSSR count). The molecule has 0 saturated heterocycles. The van der Waals surface area contributed by atoms with E-state index in [0.717, 1.165) is 21.6 Å². The fourth-order valence-electron chi connectivity index (χ4n) is 1.80. The molecular weight excluding hydrogens is 285 g/mol. The van der Waals surface area contributed by atoms with Crippen LogP contribution in [0.4, 0.5) is 0 Å². The lowest BCUT2D eigenvalue weighted by Crippen LogP contribution is -2.36. The Morgan fingerprint density at radius 3 is 2.33 bits per heavy atom. The standard InChI is InChI=1S/C14H23Cl2NS/c1-14(2,3)17-9-7-5-4-6-8-11-10-12(15)18-13(11)16/h10,17H,4-9H2,1-3H3. The lowest BCUT2D eigenvalue weighted by molar-refractivity contribution is 0.416. The summed E-state index contributed by atoms with van der Waals surface area (Å²) in [5.41, 5.74) is 1.44. The molecule has 0 spiro atoms. The highest BCUT2D eigenvalue weighted by molar-refractivity contribution is 7.20. The number of thiophene rings is 1. The molecule has 18 heavy (non-hydrogen) atoms. The molecule has 0 radical (unpaired) electrons. The fourth-order valence-corrected chi connectivity index (χ4v) is 3.35. The summed E-state index contributed by atoms with van der Waals surface area (Å²) >= 11 is 13.5. The van der Waals surface area contributed by atoms with Gasteiger partial charge in [-0.3, -0.25) is 0 Å². The number of hydrogen-bond donors (Lipinski definition) is 1. The smallest absolute Gasteiger partial charge is 0.0976 e. The second-order valence-electron chi connectivity index (χ2n) is 5.69. The summed E-state index contributed by atoms with van der Waals surface area (Å²) in [6.07, 6.45) is 6.03. The van der Waals surface area contributed by atoms with Gasteiger partial charge in [-0.05, 0) is 58.2 Å². The zero-order chi connectivity index (χ0) is 13.6. The van der Waals surface area contributed by atoms with Gasteiger partial charge in [-0.2, -0.15) is 0 Å². The number of rotatable bonds is 7. The SMILES string of the molecule is CC(C)(C)NCCCCCCc1cc(Cl)sc1Cl. The first-order valence-electron chi connectivity index (χ1n) is 6.57. The summed E-state index contributed by atoms with van der Waals surface area (Å²) in [5, 5.41) is 3.51. The van der Waals surface area contributed by atoms with Gasteiger partial charge < -0.3 is 5.32 Å². The highest BCUT2D eigenvalue weighted by Crippen LogP contribution is 2.32. The Balaban J connectivity index is 2.04. The number of nitrogens with one attached hydrogen (secondary N) is 1.